The van der Waals surface area contributed by atoms with E-state index in [4.69, 9.17) is 5.73 Å². The third kappa shape index (κ3) is 5.17. The fourth-order valence-corrected chi connectivity index (χ4v) is 3.63. The number of hydrogen-bond acceptors (Lipinski definition) is 4. The Morgan fingerprint density at radius 2 is 1.79 bits per heavy atom. The number of carbonyl (C=O) groups excluding carboxylic acids is 1. The maximum Gasteiger partial charge on any atom is 0.252 e. The Labute approximate surface area is 151 Å². The third-order valence-electron chi connectivity index (χ3n) is 3.76. The fourth-order valence-electron chi connectivity index (χ4n) is 2.14. The van der Waals surface area contributed by atoms with Gasteiger partial charge < -0.3 is 11.1 Å². The van der Waals surface area contributed by atoms with Crippen LogP contribution in [-0.2, 0) is 10.0 Å². The lowest BCUT2D eigenvalue weighted by atomic mass is 10.0. The number of aryl methyl sites for hydroxylation is 1. The van der Waals surface area contributed by atoms with Gasteiger partial charge in [0.15, 0.2) is 0 Å². The van der Waals surface area contributed by atoms with Crippen molar-refractivity contribution in [3.63, 3.8) is 0 Å². The number of amides is 1. The molecule has 1 rings (SSSR count). The summed E-state index contributed by atoms with van der Waals surface area (Å²) in [6.45, 7) is 10.0. The number of nitrogens with zero attached hydrogens (tertiary/aromatic N) is 1. The Kier molecular flexibility index (Phi) is 8.38. The Balaban J connectivity index is 0.00000529. The van der Waals surface area contributed by atoms with Crippen LogP contribution < -0.4 is 11.1 Å². The van der Waals surface area contributed by atoms with Crippen molar-refractivity contribution in [2.75, 3.05) is 19.6 Å². The minimum absolute atomic E-state index is 0. The van der Waals surface area contributed by atoms with Gasteiger partial charge in [-0.25, -0.2) is 8.42 Å². The highest BCUT2D eigenvalue weighted by Gasteiger charge is 2.25. The summed E-state index contributed by atoms with van der Waals surface area (Å²) >= 11 is 0. The molecule has 8 heteroatoms. The maximum atomic E-state index is 12.6. The van der Waals surface area contributed by atoms with Gasteiger partial charge in [0.1, 0.15) is 0 Å². The molecule has 0 saturated carbocycles. The molecule has 0 aliphatic heterocycles. The van der Waals surface area contributed by atoms with E-state index in [0.717, 1.165) is 0 Å². The molecule has 0 bridgehead atoms. The van der Waals surface area contributed by atoms with Crippen molar-refractivity contribution in [2.24, 2.45) is 5.73 Å². The van der Waals surface area contributed by atoms with Crippen LogP contribution in [0.5, 0.6) is 0 Å². The fraction of sp³-hybridized carbons (Fsp3) is 0.562. The normalized spacial score (nSPS) is 12.0. The first-order valence-corrected chi connectivity index (χ1v) is 9.16. The summed E-state index contributed by atoms with van der Waals surface area (Å²) in [7, 11) is -3.59. The molecule has 0 aromatic heterocycles. The summed E-state index contributed by atoms with van der Waals surface area (Å²) in [5.74, 6) is -0.324. The van der Waals surface area contributed by atoms with Crippen LogP contribution in [0.1, 0.15) is 43.6 Å². The van der Waals surface area contributed by atoms with Crippen LogP contribution in [0.3, 0.4) is 0 Å². The van der Waals surface area contributed by atoms with Gasteiger partial charge >= 0.3 is 0 Å². The zero-order valence-electron chi connectivity index (χ0n) is 14.9. The molecule has 0 radical (unpaired) electrons. The number of rotatable bonds is 7. The van der Waals surface area contributed by atoms with Gasteiger partial charge in [0.25, 0.3) is 5.91 Å². The smallest absolute Gasteiger partial charge is 0.252 e. The highest BCUT2D eigenvalue weighted by atomic mass is 35.5. The summed E-state index contributed by atoms with van der Waals surface area (Å²) in [6, 6.07) is 4.62. The van der Waals surface area contributed by atoms with Crippen molar-refractivity contribution in [1.29, 1.82) is 0 Å². The van der Waals surface area contributed by atoms with Gasteiger partial charge in [0.05, 0.1) is 4.90 Å². The van der Waals surface area contributed by atoms with Crippen LogP contribution in [0.4, 0.5) is 0 Å². The molecule has 0 heterocycles. The molecule has 6 nitrogen and oxygen atoms in total. The van der Waals surface area contributed by atoms with Crippen LogP contribution in [-0.4, -0.2) is 43.8 Å². The van der Waals surface area contributed by atoms with Crippen molar-refractivity contribution >= 4 is 28.3 Å². The molecule has 138 valence electrons. The summed E-state index contributed by atoms with van der Waals surface area (Å²) in [5.41, 5.74) is 6.13. The Hall–Kier alpha value is -1.15. The van der Waals surface area contributed by atoms with E-state index in [1.807, 2.05) is 13.8 Å². The van der Waals surface area contributed by atoms with Gasteiger partial charge in [-0.15, -0.1) is 12.4 Å². The summed E-state index contributed by atoms with van der Waals surface area (Å²) in [4.78, 5) is 12.6. The molecule has 1 amide bonds. The van der Waals surface area contributed by atoms with Crippen molar-refractivity contribution in [3.8, 4) is 0 Å². The van der Waals surface area contributed by atoms with Gasteiger partial charge in [0, 0.05) is 30.7 Å². The quantitative estimate of drug-likeness (QED) is 0.759. The van der Waals surface area contributed by atoms with Crippen LogP contribution >= 0.6 is 12.4 Å². The van der Waals surface area contributed by atoms with Crippen molar-refractivity contribution in [2.45, 2.75) is 45.1 Å². The summed E-state index contributed by atoms with van der Waals surface area (Å²) in [5, 5.41) is 2.83. The SMILES string of the molecule is CCN(CC)S(=O)(=O)c1ccc(C)c(C(=O)NC(C)(C)CN)c1.Cl. The van der Waals surface area contributed by atoms with Crippen LogP contribution in [0.2, 0.25) is 0 Å². The second kappa shape index (κ2) is 8.80. The van der Waals surface area contributed by atoms with E-state index in [-0.39, 0.29) is 29.8 Å². The minimum Gasteiger partial charge on any atom is -0.346 e. The standard InChI is InChI=1S/C16H27N3O3S.ClH/c1-6-19(7-2)23(21,22)13-9-8-12(3)14(10-13)15(20)18-16(4,5)11-17;/h8-10H,6-7,11,17H2,1-5H3,(H,18,20);1H. The van der Waals surface area contributed by atoms with Gasteiger partial charge in [-0.2, -0.15) is 4.31 Å². The molecule has 0 aliphatic carbocycles. The van der Waals surface area contributed by atoms with E-state index in [2.05, 4.69) is 5.32 Å². The van der Waals surface area contributed by atoms with E-state index < -0.39 is 15.6 Å². The summed E-state index contributed by atoms with van der Waals surface area (Å²) < 4.78 is 26.6. The number of carbonyl (C=O) groups is 1. The lowest BCUT2D eigenvalue weighted by molar-refractivity contribution is 0.0915. The van der Waals surface area contributed by atoms with Crippen LogP contribution in [0.25, 0.3) is 0 Å². The predicted molar refractivity (Wildman–Crippen MR) is 99.1 cm³/mol. The van der Waals surface area contributed by atoms with Crippen LogP contribution in [0.15, 0.2) is 23.1 Å². The zero-order chi connectivity index (χ0) is 17.8. The Bertz CT molecular complexity index is 671. The molecule has 0 atom stereocenters. The largest absolute Gasteiger partial charge is 0.346 e. The lowest BCUT2D eigenvalue weighted by Crippen LogP contribution is -2.49. The maximum absolute atomic E-state index is 12.6. The van der Waals surface area contributed by atoms with Gasteiger partial charge in [0.2, 0.25) is 10.0 Å². The Morgan fingerprint density at radius 1 is 1.25 bits per heavy atom. The van der Waals surface area contributed by atoms with Crippen LogP contribution in [0, 0.1) is 6.92 Å². The van der Waals surface area contributed by atoms with E-state index >= 15 is 0 Å². The molecular weight excluding hydrogens is 350 g/mol. The van der Waals surface area contributed by atoms with E-state index in [9.17, 15) is 13.2 Å². The molecule has 0 saturated heterocycles. The Morgan fingerprint density at radius 3 is 2.25 bits per heavy atom. The zero-order valence-corrected chi connectivity index (χ0v) is 16.6. The number of benzene rings is 1. The molecule has 0 aliphatic rings. The van der Waals surface area contributed by atoms with Crippen molar-refractivity contribution < 1.29 is 13.2 Å². The predicted octanol–water partition coefficient (Wildman–Crippen LogP) is 1.91. The number of halogens is 1. The molecule has 1 aromatic rings. The molecule has 3 N–H and O–H groups in total. The minimum atomic E-state index is -3.59. The monoisotopic (exact) mass is 377 g/mol. The lowest BCUT2D eigenvalue weighted by Gasteiger charge is -2.25. The highest BCUT2D eigenvalue weighted by molar-refractivity contribution is 7.89. The van der Waals surface area contributed by atoms with Crippen molar-refractivity contribution in [3.05, 3.63) is 29.3 Å². The van der Waals surface area contributed by atoms with Gasteiger partial charge in [-0.05, 0) is 38.5 Å². The highest BCUT2D eigenvalue weighted by Crippen LogP contribution is 2.20. The second-order valence-corrected chi connectivity index (χ2v) is 8.05. The molecule has 0 spiro atoms. The average molecular weight is 378 g/mol. The molecule has 0 unspecified atom stereocenters. The van der Waals surface area contributed by atoms with Gasteiger partial charge in [-0.1, -0.05) is 19.9 Å². The number of nitrogens with one attached hydrogen (secondary N) is 1. The topological polar surface area (TPSA) is 92.5 Å². The molecule has 24 heavy (non-hydrogen) atoms. The van der Waals surface area contributed by atoms with Crippen molar-refractivity contribution in [1.82, 2.24) is 9.62 Å². The van der Waals surface area contributed by atoms with E-state index in [1.165, 1.54) is 16.4 Å². The molecule has 0 fully saturated rings. The molecular formula is C16H28ClN3O3S. The van der Waals surface area contributed by atoms with E-state index in [1.54, 1.807) is 26.8 Å². The average Bonchev–Trinajstić information content (AvgIpc) is 2.47. The number of hydrogen-bond donors (Lipinski definition) is 2. The van der Waals surface area contributed by atoms with Gasteiger partial charge in [-0.3, -0.25) is 4.79 Å². The number of nitrogens with two attached hydrogens (primary N) is 1. The first-order chi connectivity index (χ1) is 10.6. The summed E-state index contributed by atoms with van der Waals surface area (Å²) in [6.07, 6.45) is 0. The van der Waals surface area contributed by atoms with E-state index in [0.29, 0.717) is 24.2 Å². The third-order valence-corrected chi connectivity index (χ3v) is 5.80. The number of sulfonamides is 1. The first kappa shape index (κ1) is 22.9. The first-order valence-electron chi connectivity index (χ1n) is 7.72. The second-order valence-electron chi connectivity index (χ2n) is 6.11. The molecule has 1 aromatic carbocycles.